The third-order valence-corrected chi connectivity index (χ3v) is 6.32. The van der Waals surface area contributed by atoms with Crippen LogP contribution in [0.1, 0.15) is 16.7 Å². The minimum atomic E-state index is -4.60. The maximum atomic E-state index is 13.5. The summed E-state index contributed by atoms with van der Waals surface area (Å²) in [6.45, 7) is 1.87. The van der Waals surface area contributed by atoms with E-state index in [0.29, 0.717) is 11.0 Å². The molecule has 0 aliphatic carbocycles. The van der Waals surface area contributed by atoms with Crippen molar-refractivity contribution in [2.24, 2.45) is 0 Å². The average Bonchev–Trinajstić information content (AvgIpc) is 3.47. The number of alkyl halides is 6. The van der Waals surface area contributed by atoms with Crippen LogP contribution in [0.25, 0.3) is 50.4 Å². The Bertz CT molecular complexity index is 1980. The van der Waals surface area contributed by atoms with Crippen LogP contribution in [-0.4, -0.2) is 28.2 Å². The number of hydrogen-bond donors (Lipinski definition) is 0. The smallest absolute Gasteiger partial charge is 0.247 e. The first kappa shape index (κ1) is 21.0. The molecular formula is C24H12F6N6. The fourth-order valence-electron chi connectivity index (χ4n) is 4.69. The second-order valence-electron chi connectivity index (χ2n) is 8.64. The van der Waals surface area contributed by atoms with E-state index in [1.807, 2.05) is 19.1 Å². The summed E-state index contributed by atoms with van der Waals surface area (Å²) in [5, 5.41) is 0. The number of aryl methyl sites for hydroxylation is 1. The van der Waals surface area contributed by atoms with Gasteiger partial charge < -0.3 is 0 Å². The summed E-state index contributed by atoms with van der Waals surface area (Å²) in [6, 6.07) is 11.7. The first-order valence-electron chi connectivity index (χ1n) is 10.7. The van der Waals surface area contributed by atoms with Crippen LogP contribution in [0.15, 0.2) is 54.6 Å². The molecule has 0 atom stereocenters. The van der Waals surface area contributed by atoms with Gasteiger partial charge in [-0.1, -0.05) is 6.07 Å². The van der Waals surface area contributed by atoms with E-state index in [1.54, 1.807) is 10.5 Å². The van der Waals surface area contributed by atoms with Gasteiger partial charge in [0.1, 0.15) is 0 Å². The third-order valence-electron chi connectivity index (χ3n) is 6.32. The zero-order chi connectivity index (χ0) is 25.1. The van der Waals surface area contributed by atoms with Crippen LogP contribution in [-0.2, 0) is 12.4 Å². The lowest BCUT2D eigenvalue weighted by atomic mass is 10.2. The highest BCUT2D eigenvalue weighted by molar-refractivity contribution is 5.91. The van der Waals surface area contributed by atoms with Crippen LogP contribution >= 0.6 is 0 Å². The quantitative estimate of drug-likeness (QED) is 0.226. The van der Waals surface area contributed by atoms with Gasteiger partial charge in [0.25, 0.3) is 0 Å². The predicted molar refractivity (Wildman–Crippen MR) is 120 cm³/mol. The molecule has 0 aliphatic heterocycles. The molecule has 0 fully saturated rings. The molecular weight excluding hydrogens is 486 g/mol. The maximum absolute atomic E-state index is 13.5. The molecule has 0 saturated carbocycles. The zero-order valence-electron chi connectivity index (χ0n) is 18.1. The third kappa shape index (κ3) is 2.72. The minimum absolute atomic E-state index is 0.0978. The molecule has 7 rings (SSSR count). The lowest BCUT2D eigenvalue weighted by Crippen LogP contribution is -2.06. The van der Waals surface area contributed by atoms with Crippen molar-refractivity contribution >= 4 is 50.4 Å². The summed E-state index contributed by atoms with van der Waals surface area (Å²) in [7, 11) is 0. The summed E-state index contributed by atoms with van der Waals surface area (Å²) in [5.41, 5.74) is 1.04. The Labute approximate surface area is 196 Å². The molecule has 0 N–H and O–H groups in total. The standard InChI is InChI=1S/C24H12F6N6/c1-11-2-5-14-17(8-11)34-20(31-14)35-19-10-13(24(28,29)30)4-7-16(19)33-22(35)36-18-9-12(23(25,26)27)3-6-15(18)32-21(34)36/h2-10H,1H3. The van der Waals surface area contributed by atoms with E-state index in [0.717, 1.165) is 29.8 Å². The molecule has 4 heterocycles. The summed E-state index contributed by atoms with van der Waals surface area (Å²) < 4.78 is 85.7. The molecule has 36 heavy (non-hydrogen) atoms. The van der Waals surface area contributed by atoms with Crippen molar-refractivity contribution in [3.05, 3.63) is 71.3 Å². The first-order valence-corrected chi connectivity index (χ1v) is 10.7. The van der Waals surface area contributed by atoms with Gasteiger partial charge in [-0.3, -0.25) is 0 Å². The second-order valence-corrected chi connectivity index (χ2v) is 8.64. The van der Waals surface area contributed by atoms with Gasteiger partial charge in [0.15, 0.2) is 0 Å². The molecule has 180 valence electrons. The largest absolute Gasteiger partial charge is 0.416 e. The van der Waals surface area contributed by atoms with Crippen molar-refractivity contribution in [1.82, 2.24) is 28.2 Å². The van der Waals surface area contributed by atoms with Gasteiger partial charge in [-0.25, -0.2) is 28.2 Å². The monoisotopic (exact) mass is 498 g/mol. The van der Waals surface area contributed by atoms with Crippen molar-refractivity contribution in [2.75, 3.05) is 0 Å². The van der Waals surface area contributed by atoms with E-state index in [-0.39, 0.29) is 39.4 Å². The highest BCUT2D eigenvalue weighted by atomic mass is 19.4. The van der Waals surface area contributed by atoms with Gasteiger partial charge in [0.05, 0.1) is 44.2 Å². The molecule has 0 aliphatic rings. The number of imidazole rings is 3. The van der Waals surface area contributed by atoms with E-state index in [1.165, 1.54) is 20.9 Å². The van der Waals surface area contributed by atoms with E-state index >= 15 is 0 Å². The van der Waals surface area contributed by atoms with Crippen molar-refractivity contribution in [2.45, 2.75) is 19.3 Å². The number of aromatic nitrogens is 6. The summed E-state index contributed by atoms with van der Waals surface area (Å²) in [6.07, 6.45) is -9.20. The Morgan fingerprint density at radius 1 is 0.528 bits per heavy atom. The van der Waals surface area contributed by atoms with Crippen LogP contribution in [0.5, 0.6) is 0 Å². The van der Waals surface area contributed by atoms with Gasteiger partial charge in [-0.15, -0.1) is 0 Å². The molecule has 6 nitrogen and oxygen atoms in total. The van der Waals surface area contributed by atoms with Gasteiger partial charge in [0, 0.05) is 0 Å². The van der Waals surface area contributed by atoms with E-state index in [2.05, 4.69) is 15.0 Å². The number of nitrogens with zero attached hydrogens (tertiary/aromatic N) is 6. The number of fused-ring (bicyclic) bond motifs is 12. The molecule has 0 saturated heterocycles. The zero-order valence-corrected chi connectivity index (χ0v) is 18.1. The lowest BCUT2D eigenvalue weighted by molar-refractivity contribution is -0.138. The molecule has 0 spiro atoms. The predicted octanol–water partition coefficient (Wildman–Crippen LogP) is 6.44. The minimum Gasteiger partial charge on any atom is -0.247 e. The number of halogens is 6. The summed E-state index contributed by atoms with van der Waals surface area (Å²) in [5.74, 6) is 0.582. The Balaban J connectivity index is 1.78. The van der Waals surface area contributed by atoms with E-state index in [4.69, 9.17) is 0 Å². The Morgan fingerprint density at radius 2 is 0.889 bits per heavy atom. The van der Waals surface area contributed by atoms with E-state index in [9.17, 15) is 26.3 Å². The van der Waals surface area contributed by atoms with Crippen LogP contribution in [0.4, 0.5) is 26.3 Å². The van der Waals surface area contributed by atoms with Crippen molar-refractivity contribution in [1.29, 1.82) is 0 Å². The second kappa shape index (κ2) is 6.45. The van der Waals surface area contributed by atoms with E-state index < -0.39 is 23.5 Å². The molecule has 0 radical (unpaired) electrons. The number of benzene rings is 3. The Hall–Kier alpha value is -4.35. The SMILES string of the molecule is Cc1ccc2nc3n(c2c1)c1nc2ccc(C(F)(F)F)cc2n1c1nc2ccc(C(F)(F)F)cc2n31. The highest BCUT2D eigenvalue weighted by Gasteiger charge is 2.33. The highest BCUT2D eigenvalue weighted by Crippen LogP contribution is 2.35. The molecule has 0 amide bonds. The molecule has 0 unspecified atom stereocenters. The van der Waals surface area contributed by atoms with Crippen LogP contribution in [0.2, 0.25) is 0 Å². The van der Waals surface area contributed by atoms with Gasteiger partial charge in [0.2, 0.25) is 17.3 Å². The molecule has 4 aromatic heterocycles. The molecule has 0 bridgehead atoms. The fraction of sp³-hybridized carbons (Fsp3) is 0.125. The average molecular weight is 498 g/mol. The topological polar surface area (TPSA) is 51.9 Å². The number of rotatable bonds is 0. The molecule has 7 aromatic rings. The Kier molecular flexibility index (Phi) is 3.76. The summed E-state index contributed by atoms with van der Waals surface area (Å²) in [4.78, 5) is 13.7. The molecule has 12 heteroatoms. The van der Waals surface area contributed by atoms with Gasteiger partial charge in [-0.2, -0.15) is 26.3 Å². The number of hydrogen-bond acceptors (Lipinski definition) is 3. The van der Waals surface area contributed by atoms with Crippen molar-refractivity contribution in [3.63, 3.8) is 0 Å². The molecule has 3 aromatic carbocycles. The summed E-state index contributed by atoms with van der Waals surface area (Å²) >= 11 is 0. The normalized spacial score (nSPS) is 13.4. The van der Waals surface area contributed by atoms with Crippen molar-refractivity contribution < 1.29 is 26.3 Å². The van der Waals surface area contributed by atoms with Crippen LogP contribution < -0.4 is 0 Å². The van der Waals surface area contributed by atoms with Gasteiger partial charge >= 0.3 is 12.4 Å². The maximum Gasteiger partial charge on any atom is 0.416 e. The van der Waals surface area contributed by atoms with Crippen molar-refractivity contribution in [3.8, 4) is 0 Å². The van der Waals surface area contributed by atoms with Crippen LogP contribution in [0.3, 0.4) is 0 Å². The van der Waals surface area contributed by atoms with Gasteiger partial charge in [-0.05, 0) is 61.0 Å². The van der Waals surface area contributed by atoms with Crippen LogP contribution in [0, 0.1) is 6.92 Å². The first-order chi connectivity index (χ1) is 17.0. The Morgan fingerprint density at radius 3 is 1.28 bits per heavy atom. The fourth-order valence-corrected chi connectivity index (χ4v) is 4.69. The lowest BCUT2D eigenvalue weighted by Gasteiger charge is -2.08.